The van der Waals surface area contributed by atoms with Gasteiger partial charge in [-0.2, -0.15) is 0 Å². The summed E-state index contributed by atoms with van der Waals surface area (Å²) in [4.78, 5) is 12.1. The van der Waals surface area contributed by atoms with Crippen molar-refractivity contribution < 1.29 is 9.53 Å². The van der Waals surface area contributed by atoms with Crippen LogP contribution in [0.1, 0.15) is 32.1 Å². The van der Waals surface area contributed by atoms with E-state index >= 15 is 0 Å². The van der Waals surface area contributed by atoms with Gasteiger partial charge < -0.3 is 15.8 Å². The maximum atomic E-state index is 12.1. The molecule has 0 aromatic rings. The fourth-order valence-corrected chi connectivity index (χ4v) is 2.99. The summed E-state index contributed by atoms with van der Waals surface area (Å²) >= 11 is 0. The first kappa shape index (κ1) is 12.8. The predicted molar refractivity (Wildman–Crippen MR) is 66.4 cm³/mol. The maximum absolute atomic E-state index is 12.1. The van der Waals surface area contributed by atoms with Gasteiger partial charge in [-0.1, -0.05) is 6.42 Å². The van der Waals surface area contributed by atoms with Crippen molar-refractivity contribution in [3.05, 3.63) is 0 Å². The molecule has 1 amide bonds. The Morgan fingerprint density at radius 1 is 1.24 bits per heavy atom. The van der Waals surface area contributed by atoms with E-state index in [9.17, 15) is 4.79 Å². The molecule has 17 heavy (non-hydrogen) atoms. The third-order valence-electron chi connectivity index (χ3n) is 4.20. The number of hydrogen-bond acceptors (Lipinski definition) is 3. The lowest BCUT2D eigenvalue weighted by Gasteiger charge is -2.24. The van der Waals surface area contributed by atoms with E-state index in [-0.39, 0.29) is 11.8 Å². The Morgan fingerprint density at radius 2 is 2.00 bits per heavy atom. The first-order valence-corrected chi connectivity index (χ1v) is 6.86. The highest BCUT2D eigenvalue weighted by Crippen LogP contribution is 2.31. The molecule has 4 nitrogen and oxygen atoms in total. The molecular weight excluding hydrogens is 216 g/mol. The van der Waals surface area contributed by atoms with Crippen LogP contribution in [0.4, 0.5) is 0 Å². The number of hydrogen-bond donors (Lipinski definition) is 2. The number of carbonyl (C=O) groups is 1. The summed E-state index contributed by atoms with van der Waals surface area (Å²) in [6.07, 6.45) is 5.43. The van der Waals surface area contributed by atoms with Crippen molar-refractivity contribution >= 4 is 5.91 Å². The zero-order chi connectivity index (χ0) is 12.1. The van der Waals surface area contributed by atoms with E-state index in [1.54, 1.807) is 0 Å². The van der Waals surface area contributed by atoms with Gasteiger partial charge in [0.15, 0.2) is 0 Å². The molecule has 2 atom stereocenters. The number of nitrogens with two attached hydrogens (primary N) is 1. The van der Waals surface area contributed by atoms with Crippen LogP contribution in [0.3, 0.4) is 0 Å². The van der Waals surface area contributed by atoms with E-state index in [1.807, 2.05) is 0 Å². The van der Waals surface area contributed by atoms with Gasteiger partial charge in [0.25, 0.3) is 0 Å². The lowest BCUT2D eigenvalue weighted by Crippen LogP contribution is -2.38. The van der Waals surface area contributed by atoms with E-state index in [4.69, 9.17) is 10.5 Å². The number of rotatable bonds is 4. The van der Waals surface area contributed by atoms with Gasteiger partial charge in [-0.05, 0) is 44.1 Å². The first-order chi connectivity index (χ1) is 8.31. The van der Waals surface area contributed by atoms with Crippen LogP contribution in [-0.2, 0) is 9.53 Å². The van der Waals surface area contributed by atoms with Crippen LogP contribution in [0, 0.1) is 17.8 Å². The van der Waals surface area contributed by atoms with E-state index < -0.39 is 0 Å². The molecule has 0 bridgehead atoms. The monoisotopic (exact) mass is 240 g/mol. The number of ether oxygens (including phenoxy) is 1. The molecule has 0 spiro atoms. The highest BCUT2D eigenvalue weighted by Gasteiger charge is 2.31. The Bertz CT molecular complexity index is 252. The molecule has 0 aromatic carbocycles. The standard InChI is InChI=1S/C13H24N2O2/c14-8-11-2-1-3-12(11)13(16)15-9-10-4-6-17-7-5-10/h10-12H,1-9,14H2,(H,15,16). The Balaban J connectivity index is 1.72. The molecular formula is C13H24N2O2. The summed E-state index contributed by atoms with van der Waals surface area (Å²) in [5.74, 6) is 1.40. The molecule has 0 aromatic heterocycles. The lowest BCUT2D eigenvalue weighted by molar-refractivity contribution is -0.126. The van der Waals surface area contributed by atoms with Crippen molar-refractivity contribution in [2.24, 2.45) is 23.5 Å². The van der Waals surface area contributed by atoms with Gasteiger partial charge in [0.1, 0.15) is 0 Å². The SMILES string of the molecule is NCC1CCCC1C(=O)NCC1CCOCC1. The Labute approximate surface area is 103 Å². The molecule has 98 valence electrons. The minimum Gasteiger partial charge on any atom is -0.381 e. The topological polar surface area (TPSA) is 64.4 Å². The summed E-state index contributed by atoms with van der Waals surface area (Å²) in [6, 6.07) is 0. The van der Waals surface area contributed by atoms with Gasteiger partial charge >= 0.3 is 0 Å². The minimum absolute atomic E-state index is 0.167. The van der Waals surface area contributed by atoms with Crippen LogP contribution < -0.4 is 11.1 Å². The highest BCUT2D eigenvalue weighted by molar-refractivity contribution is 5.79. The summed E-state index contributed by atoms with van der Waals surface area (Å²) < 4.78 is 5.31. The summed E-state index contributed by atoms with van der Waals surface area (Å²) in [7, 11) is 0. The van der Waals surface area contributed by atoms with Crippen LogP contribution >= 0.6 is 0 Å². The Morgan fingerprint density at radius 3 is 2.71 bits per heavy atom. The van der Waals surface area contributed by atoms with E-state index in [1.165, 1.54) is 0 Å². The first-order valence-electron chi connectivity index (χ1n) is 6.86. The molecule has 1 saturated heterocycles. The van der Waals surface area contributed by atoms with Gasteiger partial charge in [-0.25, -0.2) is 0 Å². The van der Waals surface area contributed by atoms with Gasteiger partial charge in [0.2, 0.25) is 5.91 Å². The smallest absolute Gasteiger partial charge is 0.223 e. The van der Waals surface area contributed by atoms with E-state index in [2.05, 4.69) is 5.32 Å². The molecule has 1 heterocycles. The number of amides is 1. The Kier molecular flexibility index (Phi) is 4.80. The second kappa shape index (κ2) is 6.36. The molecule has 0 radical (unpaired) electrons. The molecule has 2 aliphatic rings. The second-order valence-electron chi connectivity index (χ2n) is 5.33. The fraction of sp³-hybridized carbons (Fsp3) is 0.923. The molecule has 1 aliphatic carbocycles. The minimum atomic E-state index is 0.167. The zero-order valence-electron chi connectivity index (χ0n) is 10.5. The average Bonchev–Trinajstić information content (AvgIpc) is 2.85. The predicted octanol–water partition coefficient (Wildman–Crippen LogP) is 0.904. The van der Waals surface area contributed by atoms with Crippen molar-refractivity contribution in [2.45, 2.75) is 32.1 Å². The summed E-state index contributed by atoms with van der Waals surface area (Å²) in [5.41, 5.74) is 5.70. The maximum Gasteiger partial charge on any atom is 0.223 e. The van der Waals surface area contributed by atoms with Crippen molar-refractivity contribution in [3.63, 3.8) is 0 Å². The number of carbonyl (C=O) groups excluding carboxylic acids is 1. The van der Waals surface area contributed by atoms with Gasteiger partial charge in [-0.15, -0.1) is 0 Å². The van der Waals surface area contributed by atoms with Crippen LogP contribution in [0.5, 0.6) is 0 Å². The molecule has 2 fully saturated rings. The number of nitrogens with one attached hydrogen (secondary N) is 1. The summed E-state index contributed by atoms with van der Waals surface area (Å²) in [5, 5.41) is 3.11. The van der Waals surface area contributed by atoms with E-state index in [0.29, 0.717) is 18.4 Å². The molecule has 1 aliphatic heterocycles. The molecule has 2 unspecified atom stereocenters. The van der Waals surface area contributed by atoms with Gasteiger partial charge in [0.05, 0.1) is 0 Å². The van der Waals surface area contributed by atoms with Crippen LogP contribution in [0.25, 0.3) is 0 Å². The Hall–Kier alpha value is -0.610. The largest absolute Gasteiger partial charge is 0.381 e. The average molecular weight is 240 g/mol. The third kappa shape index (κ3) is 3.42. The normalized spacial score (nSPS) is 30.4. The zero-order valence-corrected chi connectivity index (χ0v) is 10.5. The van der Waals surface area contributed by atoms with Crippen molar-refractivity contribution in [2.75, 3.05) is 26.3 Å². The van der Waals surface area contributed by atoms with Crippen molar-refractivity contribution in [1.82, 2.24) is 5.32 Å². The van der Waals surface area contributed by atoms with Gasteiger partial charge in [-0.3, -0.25) is 4.79 Å². The lowest BCUT2D eigenvalue weighted by atomic mass is 9.94. The second-order valence-corrected chi connectivity index (χ2v) is 5.33. The molecule has 3 N–H and O–H groups in total. The fourth-order valence-electron chi connectivity index (χ4n) is 2.99. The molecule has 4 heteroatoms. The van der Waals surface area contributed by atoms with Crippen LogP contribution in [-0.4, -0.2) is 32.2 Å². The van der Waals surface area contributed by atoms with Crippen LogP contribution in [0.15, 0.2) is 0 Å². The molecule has 1 saturated carbocycles. The van der Waals surface area contributed by atoms with E-state index in [0.717, 1.165) is 51.9 Å². The van der Waals surface area contributed by atoms with Gasteiger partial charge in [0, 0.05) is 25.7 Å². The summed E-state index contributed by atoms with van der Waals surface area (Å²) in [6.45, 7) is 3.15. The molecule has 2 rings (SSSR count). The van der Waals surface area contributed by atoms with Crippen molar-refractivity contribution in [3.8, 4) is 0 Å². The quantitative estimate of drug-likeness (QED) is 0.767. The van der Waals surface area contributed by atoms with Crippen LogP contribution in [0.2, 0.25) is 0 Å². The third-order valence-corrected chi connectivity index (χ3v) is 4.20. The highest BCUT2D eigenvalue weighted by atomic mass is 16.5. The van der Waals surface area contributed by atoms with Crippen molar-refractivity contribution in [1.29, 1.82) is 0 Å².